The molecule has 1 aromatic heterocycles. The highest BCUT2D eigenvalue weighted by Crippen LogP contribution is 2.18. The maximum absolute atomic E-state index is 4.44. The van der Waals surface area contributed by atoms with E-state index in [0.29, 0.717) is 6.04 Å². The zero-order valence-corrected chi connectivity index (χ0v) is 13.7. The van der Waals surface area contributed by atoms with Gasteiger partial charge in [-0.3, -0.25) is 4.68 Å². The Hall–Kier alpha value is -0.870. The van der Waals surface area contributed by atoms with Crippen LogP contribution >= 0.6 is 0 Å². The molecule has 114 valence electrons. The molecule has 0 saturated carbocycles. The number of likely N-dealkylation sites (tertiary alicyclic amines) is 1. The molecule has 1 N–H and O–H groups in total. The van der Waals surface area contributed by atoms with Crippen molar-refractivity contribution in [3.63, 3.8) is 0 Å². The number of nitrogens with one attached hydrogen (secondary N) is 1. The van der Waals surface area contributed by atoms with Crippen molar-refractivity contribution in [3.05, 3.63) is 18.0 Å². The minimum atomic E-state index is 0.0709. The van der Waals surface area contributed by atoms with Gasteiger partial charge in [-0.25, -0.2) is 0 Å². The number of rotatable bonds is 5. The summed E-state index contributed by atoms with van der Waals surface area (Å²) in [5, 5.41) is 8.03. The molecule has 4 nitrogen and oxygen atoms in total. The van der Waals surface area contributed by atoms with Gasteiger partial charge in [0.1, 0.15) is 0 Å². The van der Waals surface area contributed by atoms with Crippen LogP contribution in [0.2, 0.25) is 0 Å². The molecule has 0 aromatic carbocycles. The average molecular weight is 278 g/mol. The highest BCUT2D eigenvalue weighted by atomic mass is 15.3. The van der Waals surface area contributed by atoms with Crippen LogP contribution < -0.4 is 5.32 Å². The SMILES string of the molecule is CC(C)N1CCC(CNCc2cnn(C(C)(C)C)c2)C1. The lowest BCUT2D eigenvalue weighted by Crippen LogP contribution is -2.30. The molecule has 1 aliphatic heterocycles. The lowest BCUT2D eigenvalue weighted by Gasteiger charge is -2.20. The van der Waals surface area contributed by atoms with Gasteiger partial charge in [0.05, 0.1) is 11.7 Å². The molecule has 1 fully saturated rings. The molecule has 1 saturated heterocycles. The molecule has 0 aliphatic carbocycles. The summed E-state index contributed by atoms with van der Waals surface area (Å²) in [4.78, 5) is 2.57. The Morgan fingerprint density at radius 3 is 2.70 bits per heavy atom. The van der Waals surface area contributed by atoms with Crippen LogP contribution in [0, 0.1) is 5.92 Å². The molecular weight excluding hydrogens is 248 g/mol. The Labute approximate surface area is 123 Å². The molecule has 0 spiro atoms. The van der Waals surface area contributed by atoms with E-state index in [1.807, 2.05) is 10.9 Å². The standard InChI is InChI=1S/C16H30N4/c1-13(2)19-7-6-14(11-19)8-17-9-15-10-18-20(12-15)16(3,4)5/h10,12-14,17H,6-9,11H2,1-5H3. The third kappa shape index (κ3) is 4.06. The fourth-order valence-corrected chi connectivity index (χ4v) is 2.74. The van der Waals surface area contributed by atoms with E-state index >= 15 is 0 Å². The van der Waals surface area contributed by atoms with E-state index in [9.17, 15) is 0 Å². The smallest absolute Gasteiger partial charge is 0.0543 e. The highest BCUT2D eigenvalue weighted by Gasteiger charge is 2.23. The fourth-order valence-electron chi connectivity index (χ4n) is 2.74. The second-order valence-electron chi connectivity index (χ2n) is 7.34. The lowest BCUT2D eigenvalue weighted by molar-refractivity contribution is 0.264. The van der Waals surface area contributed by atoms with Crippen LogP contribution in [0.1, 0.15) is 46.6 Å². The maximum atomic E-state index is 4.44. The largest absolute Gasteiger partial charge is 0.312 e. The fraction of sp³-hybridized carbons (Fsp3) is 0.812. The van der Waals surface area contributed by atoms with Crippen LogP contribution in [0.5, 0.6) is 0 Å². The number of aromatic nitrogens is 2. The van der Waals surface area contributed by atoms with Gasteiger partial charge in [-0.2, -0.15) is 5.10 Å². The van der Waals surface area contributed by atoms with Crippen molar-refractivity contribution in [2.45, 2.75) is 59.2 Å². The van der Waals surface area contributed by atoms with Gasteiger partial charge in [0, 0.05) is 30.9 Å². The predicted octanol–water partition coefficient (Wildman–Crippen LogP) is 2.46. The first kappa shape index (κ1) is 15.5. The van der Waals surface area contributed by atoms with Gasteiger partial charge >= 0.3 is 0 Å². The molecule has 20 heavy (non-hydrogen) atoms. The molecule has 0 bridgehead atoms. The molecule has 1 aromatic rings. The first-order chi connectivity index (χ1) is 9.36. The monoisotopic (exact) mass is 278 g/mol. The van der Waals surface area contributed by atoms with E-state index < -0.39 is 0 Å². The van der Waals surface area contributed by atoms with Crippen LogP contribution in [0.4, 0.5) is 0 Å². The summed E-state index contributed by atoms with van der Waals surface area (Å²) in [6, 6.07) is 0.685. The van der Waals surface area contributed by atoms with E-state index in [0.717, 1.165) is 19.0 Å². The number of hydrogen-bond acceptors (Lipinski definition) is 3. The van der Waals surface area contributed by atoms with Crippen molar-refractivity contribution in [1.29, 1.82) is 0 Å². The minimum Gasteiger partial charge on any atom is -0.312 e. The summed E-state index contributed by atoms with van der Waals surface area (Å²) in [6.07, 6.45) is 5.46. The number of nitrogens with zero attached hydrogens (tertiary/aromatic N) is 3. The molecule has 2 heterocycles. The van der Waals surface area contributed by atoms with Crippen LogP contribution in [-0.2, 0) is 12.1 Å². The second-order valence-corrected chi connectivity index (χ2v) is 7.34. The highest BCUT2D eigenvalue weighted by molar-refractivity contribution is 5.04. The van der Waals surface area contributed by atoms with E-state index in [4.69, 9.17) is 0 Å². The van der Waals surface area contributed by atoms with Crippen molar-refractivity contribution >= 4 is 0 Å². The van der Waals surface area contributed by atoms with Crippen molar-refractivity contribution in [3.8, 4) is 0 Å². The van der Waals surface area contributed by atoms with Crippen molar-refractivity contribution in [2.75, 3.05) is 19.6 Å². The molecular formula is C16H30N4. The van der Waals surface area contributed by atoms with Crippen molar-refractivity contribution < 1.29 is 0 Å². The zero-order chi connectivity index (χ0) is 14.8. The van der Waals surface area contributed by atoms with Gasteiger partial charge in [-0.05, 0) is 60.0 Å². The Morgan fingerprint density at radius 2 is 2.15 bits per heavy atom. The molecule has 2 rings (SSSR count). The summed E-state index contributed by atoms with van der Waals surface area (Å²) in [5.74, 6) is 0.801. The van der Waals surface area contributed by atoms with Gasteiger partial charge in [0.25, 0.3) is 0 Å². The van der Waals surface area contributed by atoms with Crippen LogP contribution in [-0.4, -0.2) is 40.4 Å². The molecule has 1 unspecified atom stereocenters. The van der Waals surface area contributed by atoms with Crippen LogP contribution in [0.15, 0.2) is 12.4 Å². The molecule has 0 radical (unpaired) electrons. The van der Waals surface area contributed by atoms with Crippen molar-refractivity contribution in [1.82, 2.24) is 20.0 Å². The summed E-state index contributed by atoms with van der Waals surface area (Å²) in [6.45, 7) is 15.6. The lowest BCUT2D eigenvalue weighted by atomic mass is 10.1. The van der Waals surface area contributed by atoms with E-state index in [1.54, 1.807) is 0 Å². The van der Waals surface area contributed by atoms with E-state index in [-0.39, 0.29) is 5.54 Å². The Kier molecular flexibility index (Phi) is 4.86. The summed E-state index contributed by atoms with van der Waals surface area (Å²) >= 11 is 0. The minimum absolute atomic E-state index is 0.0709. The average Bonchev–Trinajstić information content (AvgIpc) is 2.96. The first-order valence-electron chi connectivity index (χ1n) is 7.85. The zero-order valence-electron chi connectivity index (χ0n) is 13.7. The van der Waals surface area contributed by atoms with E-state index in [1.165, 1.54) is 25.1 Å². The third-order valence-corrected chi connectivity index (χ3v) is 4.13. The molecule has 0 amide bonds. The van der Waals surface area contributed by atoms with Crippen molar-refractivity contribution in [2.24, 2.45) is 5.92 Å². The quantitative estimate of drug-likeness (QED) is 0.898. The van der Waals surface area contributed by atoms with Gasteiger partial charge in [-0.15, -0.1) is 0 Å². The van der Waals surface area contributed by atoms with Gasteiger partial charge in [0.15, 0.2) is 0 Å². The third-order valence-electron chi connectivity index (χ3n) is 4.13. The number of hydrogen-bond donors (Lipinski definition) is 1. The molecule has 4 heteroatoms. The topological polar surface area (TPSA) is 33.1 Å². The summed E-state index contributed by atoms with van der Waals surface area (Å²) in [7, 11) is 0. The first-order valence-corrected chi connectivity index (χ1v) is 7.85. The normalized spacial score (nSPS) is 21.0. The van der Waals surface area contributed by atoms with Crippen LogP contribution in [0.3, 0.4) is 0 Å². The van der Waals surface area contributed by atoms with Gasteiger partial charge < -0.3 is 10.2 Å². The Balaban J connectivity index is 1.73. The van der Waals surface area contributed by atoms with E-state index in [2.05, 4.69) is 56.1 Å². The molecule has 1 atom stereocenters. The second kappa shape index (κ2) is 6.27. The Morgan fingerprint density at radius 1 is 1.40 bits per heavy atom. The maximum Gasteiger partial charge on any atom is 0.0543 e. The van der Waals surface area contributed by atoms with Gasteiger partial charge in [0.2, 0.25) is 0 Å². The predicted molar refractivity (Wildman–Crippen MR) is 83.7 cm³/mol. The van der Waals surface area contributed by atoms with Crippen LogP contribution in [0.25, 0.3) is 0 Å². The van der Waals surface area contributed by atoms with Gasteiger partial charge in [-0.1, -0.05) is 0 Å². The summed E-state index contributed by atoms with van der Waals surface area (Å²) in [5.41, 5.74) is 1.35. The molecule has 1 aliphatic rings. The Bertz CT molecular complexity index is 416. The summed E-state index contributed by atoms with van der Waals surface area (Å²) < 4.78 is 2.04.